The summed E-state index contributed by atoms with van der Waals surface area (Å²) in [6.07, 6.45) is 13.6. The Hall–Kier alpha value is -2.71. The van der Waals surface area contributed by atoms with E-state index in [2.05, 4.69) is 39.1 Å². The molecule has 0 heterocycles. The van der Waals surface area contributed by atoms with Crippen molar-refractivity contribution in [3.05, 3.63) is 41.5 Å². The topological polar surface area (TPSA) is 127 Å². The van der Waals surface area contributed by atoms with E-state index in [9.17, 15) is 24.6 Å². The second kappa shape index (κ2) is 12.1. The molecule has 4 saturated carbocycles. The number of aliphatic carboxylic acids is 1. The standard InChI is InChI=1S/C38H54N2O6/c1-35(2)27(24-7-9-25(10-8-24)33(44)45)13-17-37(4)30(35)15-18-36(3)28-14-19-38(16-5-6-29(38)26(28)11-12-31(36)37)34(46)39-20-21-40(23-41)22-32(42)43/h7-10,13,26,28-31,41H,5-6,11-12,14-23H2,1-4H3,(H,39,46)(H,42,43)(H,44,45). The summed E-state index contributed by atoms with van der Waals surface area (Å²) in [5.41, 5.74) is 2.94. The van der Waals surface area contributed by atoms with E-state index in [-0.39, 0.29) is 40.8 Å². The van der Waals surface area contributed by atoms with Crippen LogP contribution in [-0.4, -0.2) is 64.4 Å². The molecule has 6 rings (SSSR count). The van der Waals surface area contributed by atoms with E-state index < -0.39 is 11.9 Å². The molecule has 5 aliphatic carbocycles. The summed E-state index contributed by atoms with van der Waals surface area (Å²) >= 11 is 0. The van der Waals surface area contributed by atoms with E-state index >= 15 is 0 Å². The highest BCUT2D eigenvalue weighted by atomic mass is 16.4. The molecule has 4 N–H and O–H groups in total. The smallest absolute Gasteiger partial charge is 0.335 e. The lowest BCUT2D eigenvalue weighted by molar-refractivity contribution is -0.181. The summed E-state index contributed by atoms with van der Waals surface area (Å²) in [5.74, 6) is 1.06. The number of carbonyl (C=O) groups excluding carboxylic acids is 1. The monoisotopic (exact) mass is 634 g/mol. The number of rotatable bonds is 9. The molecule has 1 amide bonds. The van der Waals surface area contributed by atoms with Crippen molar-refractivity contribution in [2.75, 3.05) is 26.4 Å². The van der Waals surface area contributed by atoms with Gasteiger partial charge in [-0.25, -0.2) is 4.79 Å². The number of aromatic carboxylic acids is 1. The highest BCUT2D eigenvalue weighted by molar-refractivity contribution is 5.88. The number of fused-ring (bicyclic) bond motifs is 7. The third-order valence-electron chi connectivity index (χ3n) is 14.3. The molecule has 252 valence electrons. The lowest BCUT2D eigenvalue weighted by Crippen LogP contribution is -2.62. The molecular weight excluding hydrogens is 580 g/mol. The van der Waals surface area contributed by atoms with Gasteiger partial charge in [0.2, 0.25) is 5.91 Å². The van der Waals surface area contributed by atoms with Crippen molar-refractivity contribution in [3.63, 3.8) is 0 Å². The van der Waals surface area contributed by atoms with Crippen LogP contribution in [0.4, 0.5) is 0 Å². The number of allylic oxidation sites excluding steroid dienone is 2. The van der Waals surface area contributed by atoms with Crippen molar-refractivity contribution >= 4 is 23.4 Å². The van der Waals surface area contributed by atoms with Crippen LogP contribution in [0.3, 0.4) is 0 Å². The van der Waals surface area contributed by atoms with Crippen LogP contribution >= 0.6 is 0 Å². The molecule has 0 aliphatic heterocycles. The zero-order valence-corrected chi connectivity index (χ0v) is 28.2. The Labute approximate surface area is 274 Å². The molecule has 1 aromatic carbocycles. The zero-order chi connectivity index (χ0) is 33.1. The van der Waals surface area contributed by atoms with Crippen molar-refractivity contribution in [3.8, 4) is 0 Å². The maximum absolute atomic E-state index is 13.9. The van der Waals surface area contributed by atoms with E-state index in [1.807, 2.05) is 12.1 Å². The maximum atomic E-state index is 13.9. The van der Waals surface area contributed by atoms with Gasteiger partial charge in [-0.3, -0.25) is 14.5 Å². The molecule has 0 aromatic heterocycles. The first-order valence-corrected chi connectivity index (χ1v) is 17.7. The predicted molar refractivity (Wildman–Crippen MR) is 177 cm³/mol. The van der Waals surface area contributed by atoms with E-state index in [0.717, 1.165) is 44.1 Å². The third kappa shape index (κ3) is 5.22. The van der Waals surface area contributed by atoms with E-state index in [4.69, 9.17) is 5.11 Å². The van der Waals surface area contributed by atoms with Crippen LogP contribution in [0.15, 0.2) is 30.3 Å². The van der Waals surface area contributed by atoms with Gasteiger partial charge in [-0.05, 0) is 127 Å². The summed E-state index contributed by atoms with van der Waals surface area (Å²) in [6, 6.07) is 7.44. The molecular formula is C38H54N2O6. The Morgan fingerprint density at radius 1 is 0.870 bits per heavy atom. The SMILES string of the molecule is CC1(C)C(c2ccc(C(=O)O)cc2)=CCC2(C)C1CCC1(C)C3CCC4(C(=O)NCCN(CO)CC(=O)O)CCCC4C3CCC12. The Morgan fingerprint density at radius 2 is 1.61 bits per heavy atom. The number of hydrogen-bond donors (Lipinski definition) is 4. The molecule has 8 nitrogen and oxygen atoms in total. The molecule has 1 aromatic rings. The van der Waals surface area contributed by atoms with Gasteiger partial charge < -0.3 is 20.6 Å². The Kier molecular flexibility index (Phi) is 8.71. The Bertz CT molecular complexity index is 1390. The Balaban J connectivity index is 1.20. The second-order valence-electron chi connectivity index (χ2n) is 16.5. The van der Waals surface area contributed by atoms with Gasteiger partial charge in [-0.15, -0.1) is 0 Å². The van der Waals surface area contributed by atoms with Gasteiger partial charge in [0, 0.05) is 13.1 Å². The van der Waals surface area contributed by atoms with Gasteiger partial charge >= 0.3 is 11.9 Å². The van der Waals surface area contributed by atoms with Gasteiger partial charge in [0.05, 0.1) is 24.3 Å². The van der Waals surface area contributed by atoms with Gasteiger partial charge in [0.1, 0.15) is 0 Å². The molecule has 0 spiro atoms. The number of aliphatic hydroxyl groups excluding tert-OH is 1. The molecule has 0 bridgehead atoms. The fourth-order valence-corrected chi connectivity index (χ4v) is 12.4. The van der Waals surface area contributed by atoms with Crippen molar-refractivity contribution in [2.24, 2.45) is 51.2 Å². The quantitative estimate of drug-likeness (QED) is 0.235. The van der Waals surface area contributed by atoms with Crippen LogP contribution in [-0.2, 0) is 9.59 Å². The number of nitrogens with zero attached hydrogens (tertiary/aromatic N) is 1. The fourth-order valence-electron chi connectivity index (χ4n) is 12.4. The Morgan fingerprint density at radius 3 is 2.28 bits per heavy atom. The van der Waals surface area contributed by atoms with Gasteiger partial charge in [-0.1, -0.05) is 52.3 Å². The summed E-state index contributed by atoms with van der Waals surface area (Å²) in [5, 5.41) is 31.2. The number of carboxylic acid groups (broad SMARTS) is 2. The normalized spacial score (nSPS) is 37.7. The van der Waals surface area contributed by atoms with E-state index in [1.54, 1.807) is 12.1 Å². The van der Waals surface area contributed by atoms with E-state index in [0.29, 0.717) is 48.2 Å². The molecule has 5 aliphatic rings. The minimum Gasteiger partial charge on any atom is -0.480 e. The average molecular weight is 635 g/mol. The molecule has 8 heteroatoms. The van der Waals surface area contributed by atoms with Crippen molar-refractivity contribution in [1.82, 2.24) is 10.2 Å². The van der Waals surface area contributed by atoms with Gasteiger partial charge in [0.15, 0.2) is 0 Å². The maximum Gasteiger partial charge on any atom is 0.335 e. The largest absolute Gasteiger partial charge is 0.480 e. The van der Waals surface area contributed by atoms with Crippen molar-refractivity contribution < 1.29 is 29.7 Å². The third-order valence-corrected chi connectivity index (χ3v) is 14.3. The van der Waals surface area contributed by atoms with Crippen LogP contribution in [0.25, 0.3) is 5.57 Å². The minimum atomic E-state index is -0.985. The highest BCUT2D eigenvalue weighted by Gasteiger charge is 2.66. The summed E-state index contributed by atoms with van der Waals surface area (Å²) in [7, 11) is 0. The molecule has 8 unspecified atom stereocenters. The number of nitrogens with one attached hydrogen (secondary N) is 1. The number of amides is 1. The first kappa shape index (κ1) is 33.2. The van der Waals surface area contributed by atoms with Crippen LogP contribution in [0.1, 0.15) is 108 Å². The fraction of sp³-hybridized carbons (Fsp3) is 0.711. The first-order chi connectivity index (χ1) is 21.8. The number of carboxylic acids is 2. The summed E-state index contributed by atoms with van der Waals surface area (Å²) in [4.78, 5) is 37.9. The molecule has 4 fully saturated rings. The highest BCUT2D eigenvalue weighted by Crippen LogP contribution is 2.73. The molecule has 0 saturated heterocycles. The predicted octanol–water partition coefficient (Wildman–Crippen LogP) is 6.30. The average Bonchev–Trinajstić information content (AvgIpc) is 3.46. The van der Waals surface area contributed by atoms with Crippen molar-refractivity contribution in [1.29, 1.82) is 0 Å². The van der Waals surface area contributed by atoms with Gasteiger partial charge in [0.25, 0.3) is 0 Å². The number of aliphatic hydroxyl groups is 1. The van der Waals surface area contributed by atoms with Crippen LogP contribution < -0.4 is 5.32 Å². The van der Waals surface area contributed by atoms with E-state index in [1.165, 1.54) is 36.2 Å². The minimum absolute atomic E-state index is 0.0166. The van der Waals surface area contributed by atoms with Crippen LogP contribution in [0.5, 0.6) is 0 Å². The second-order valence-corrected chi connectivity index (χ2v) is 16.5. The van der Waals surface area contributed by atoms with Crippen LogP contribution in [0.2, 0.25) is 0 Å². The van der Waals surface area contributed by atoms with Crippen LogP contribution in [0, 0.1) is 51.2 Å². The summed E-state index contributed by atoms with van der Waals surface area (Å²) in [6.45, 7) is 10.1. The molecule has 46 heavy (non-hydrogen) atoms. The van der Waals surface area contributed by atoms with Crippen molar-refractivity contribution in [2.45, 2.75) is 91.9 Å². The molecule has 8 atom stereocenters. The number of carbonyl (C=O) groups is 3. The first-order valence-electron chi connectivity index (χ1n) is 17.7. The summed E-state index contributed by atoms with van der Waals surface area (Å²) < 4.78 is 0. The lowest BCUT2D eigenvalue weighted by Gasteiger charge is -2.68. The zero-order valence-electron chi connectivity index (χ0n) is 28.2. The number of benzene rings is 1. The van der Waals surface area contributed by atoms with Gasteiger partial charge in [-0.2, -0.15) is 0 Å². The molecule has 0 radical (unpaired) electrons. The number of hydrogen-bond acceptors (Lipinski definition) is 5. The lowest BCUT2D eigenvalue weighted by atomic mass is 9.36.